The van der Waals surface area contributed by atoms with Crippen LogP contribution in [0.25, 0.3) is 0 Å². The smallest absolute Gasteiger partial charge is 0 e. The molecule has 0 rings (SSSR count). The van der Waals surface area contributed by atoms with Crippen molar-refractivity contribution in [3.05, 3.63) is 0 Å². The van der Waals surface area contributed by atoms with Gasteiger partial charge in [0.2, 0.25) is 0 Å². The summed E-state index contributed by atoms with van der Waals surface area (Å²) in [6.07, 6.45) is 0. The van der Waals surface area contributed by atoms with Gasteiger partial charge in [-0.2, -0.15) is 0 Å². The van der Waals surface area contributed by atoms with Gasteiger partial charge in [-0.25, -0.2) is 0 Å². The number of guanidine groups is 1. The molecule has 5 N–H and O–H groups in total. The monoisotopic (exact) mass is 255 g/mol. The molecule has 0 spiro atoms. The maximum atomic E-state index is 9.72. The van der Waals surface area contributed by atoms with E-state index in [0.717, 1.165) is 0 Å². The Balaban J connectivity index is 0. The Hall–Kier alpha value is -0.318. The summed E-state index contributed by atoms with van der Waals surface area (Å²) >= 11 is -5.22. The van der Waals surface area contributed by atoms with Gasteiger partial charge in [0.15, 0.2) is 0 Å². The molecule has 0 aromatic carbocycles. The summed E-state index contributed by atoms with van der Waals surface area (Å²) in [4.78, 5) is 0. The van der Waals surface area contributed by atoms with E-state index in [1.54, 1.807) is 0 Å². The average Bonchev–Trinajstić information content (AvgIpc) is 1.59. The molecule has 0 heterocycles. The van der Waals surface area contributed by atoms with Gasteiger partial charge in [0.05, 0.1) is 0 Å². The van der Waals surface area contributed by atoms with E-state index in [2.05, 4.69) is 20.5 Å². The van der Waals surface area contributed by atoms with Gasteiger partial charge in [-0.3, -0.25) is 0 Å². The summed E-state index contributed by atoms with van der Waals surface area (Å²) in [7, 11) is 0. The van der Waals surface area contributed by atoms with Crippen molar-refractivity contribution < 1.29 is 33.1 Å². The summed E-state index contributed by atoms with van der Waals surface area (Å²) in [5, 5.41) is 2.56. The molecule has 60 valence electrons. The minimum atomic E-state index is -5.22. The number of hydrogen-bond acceptors (Lipinski definition) is 4. The number of oxime groups is 1. The number of hydrogen-bond donors (Lipinski definition) is 3. The van der Waals surface area contributed by atoms with Gasteiger partial charge in [0, 0.05) is 17.4 Å². The molecule has 0 aliphatic heterocycles. The Morgan fingerprint density at radius 2 is 1.90 bits per heavy atom. The van der Waals surface area contributed by atoms with Crippen molar-refractivity contribution in [2.24, 2.45) is 16.6 Å². The van der Waals surface area contributed by atoms with Crippen LogP contribution < -0.4 is 11.5 Å². The van der Waals surface area contributed by atoms with Crippen molar-refractivity contribution in [2.75, 3.05) is 0 Å². The van der Waals surface area contributed by atoms with Gasteiger partial charge in [0.25, 0.3) is 0 Å². The molecule has 0 unspecified atom stereocenters. The Kier molecular flexibility index (Phi) is 5.55. The van der Waals surface area contributed by atoms with Crippen LogP contribution in [0.1, 0.15) is 0 Å². The van der Waals surface area contributed by atoms with E-state index in [4.69, 9.17) is 4.19 Å². The Bertz CT molecular complexity index is 205. The minimum absolute atomic E-state index is 0. The molecular weight excluding hydrogens is 249 g/mol. The second kappa shape index (κ2) is 4.49. The number of nitrogens with zero attached hydrogens (tertiary/aromatic N) is 1. The van der Waals surface area contributed by atoms with Crippen LogP contribution >= 0.6 is 0 Å². The standard InChI is InChI=1S/CH5N3O4Se.Cr/c2-1(3)4-8-9(5,6)7;/h(H4,2,3,4)(H,5,6,7);. The first-order valence-electron chi connectivity index (χ1n) is 1.67. The molecule has 10 heavy (non-hydrogen) atoms. The Morgan fingerprint density at radius 3 is 2.00 bits per heavy atom. The maximum absolute atomic E-state index is 9.72. The van der Waals surface area contributed by atoms with Gasteiger partial charge < -0.3 is 0 Å². The fraction of sp³-hybridized carbons (Fsp3) is 0. The van der Waals surface area contributed by atoms with Crippen LogP contribution in [0.4, 0.5) is 0 Å². The third-order valence-corrected chi connectivity index (χ3v) is 0.788. The van der Waals surface area contributed by atoms with Crippen LogP contribution in [0.3, 0.4) is 0 Å². The van der Waals surface area contributed by atoms with Crippen LogP contribution in [-0.2, 0) is 29.0 Å². The predicted octanol–water partition coefficient (Wildman–Crippen LogP) is -2.52. The zero-order valence-electron chi connectivity index (χ0n) is 4.59. The molecular formula is CH5CrN3O4Se. The fourth-order valence-corrected chi connectivity index (χ4v) is 0.468. The van der Waals surface area contributed by atoms with E-state index in [1.165, 1.54) is 0 Å². The molecule has 0 amide bonds. The summed E-state index contributed by atoms with van der Waals surface area (Å²) in [5.41, 5.74) is 9.28. The van der Waals surface area contributed by atoms with Crippen molar-refractivity contribution in [1.82, 2.24) is 0 Å². The molecule has 0 aromatic rings. The molecule has 0 atom stereocenters. The summed E-state index contributed by atoms with van der Waals surface area (Å²) < 4.78 is 30.7. The van der Waals surface area contributed by atoms with Crippen LogP contribution in [0.15, 0.2) is 5.16 Å². The largest absolute Gasteiger partial charge is 0 e. The topological polar surface area (TPSA) is 128 Å². The molecule has 0 aliphatic rings. The van der Waals surface area contributed by atoms with E-state index in [1.807, 2.05) is 0 Å². The third-order valence-electron chi connectivity index (χ3n) is 0.237. The molecule has 7 nitrogen and oxygen atoms in total. The summed E-state index contributed by atoms with van der Waals surface area (Å²) in [6, 6.07) is 0. The fourth-order valence-electron chi connectivity index (χ4n) is 0.0901. The van der Waals surface area contributed by atoms with Crippen molar-refractivity contribution >= 4 is 19.3 Å². The molecule has 0 saturated carbocycles. The van der Waals surface area contributed by atoms with Gasteiger partial charge >= 0.3 is 51.7 Å². The van der Waals surface area contributed by atoms with Crippen molar-refractivity contribution in [1.29, 1.82) is 0 Å². The molecule has 9 heteroatoms. The van der Waals surface area contributed by atoms with Crippen LogP contribution in [0.2, 0.25) is 0 Å². The van der Waals surface area contributed by atoms with Crippen LogP contribution in [0.5, 0.6) is 0 Å². The molecule has 0 radical (unpaired) electrons. The second-order valence-corrected chi connectivity index (χ2v) is 3.13. The first-order valence-corrected chi connectivity index (χ1v) is 4.53. The zero-order valence-corrected chi connectivity index (χ0v) is 7.58. The number of nitrogens with two attached hydrogens (primary N) is 2. The average molecular weight is 254 g/mol. The SMILES string of the molecule is NC(N)=NO[Se](=O)(=O)O.[Cr]. The number of rotatable bonds is 2. The van der Waals surface area contributed by atoms with Gasteiger partial charge in [-0.1, -0.05) is 0 Å². The minimum Gasteiger partial charge on any atom is 0 e. The molecule has 0 aromatic heterocycles. The Labute approximate surface area is 69.4 Å². The van der Waals surface area contributed by atoms with Crippen LogP contribution in [0, 0.1) is 0 Å². The normalized spacial score (nSPS) is 9.30. The van der Waals surface area contributed by atoms with Crippen molar-refractivity contribution in [3.63, 3.8) is 0 Å². The van der Waals surface area contributed by atoms with Crippen molar-refractivity contribution in [3.8, 4) is 0 Å². The Morgan fingerprint density at radius 1 is 1.50 bits per heavy atom. The molecule has 0 bridgehead atoms. The quantitative estimate of drug-likeness (QED) is 0.216. The summed E-state index contributed by atoms with van der Waals surface area (Å²) in [6.45, 7) is 0. The van der Waals surface area contributed by atoms with Crippen molar-refractivity contribution in [2.45, 2.75) is 0 Å². The first-order chi connectivity index (χ1) is 3.92. The predicted molar refractivity (Wildman–Crippen MR) is 26.2 cm³/mol. The van der Waals surface area contributed by atoms with Crippen LogP contribution in [-0.4, -0.2) is 23.5 Å². The zero-order chi connectivity index (χ0) is 7.49. The molecule has 0 saturated heterocycles. The first kappa shape index (κ1) is 12.4. The molecule has 0 aliphatic carbocycles. The van der Waals surface area contributed by atoms with E-state index in [-0.39, 0.29) is 17.4 Å². The van der Waals surface area contributed by atoms with E-state index < -0.39 is 19.3 Å². The van der Waals surface area contributed by atoms with E-state index >= 15 is 0 Å². The third kappa shape index (κ3) is 10.6. The second-order valence-electron chi connectivity index (χ2n) is 1.02. The van der Waals surface area contributed by atoms with E-state index in [0.29, 0.717) is 0 Å². The van der Waals surface area contributed by atoms with E-state index in [9.17, 15) is 7.67 Å². The van der Waals surface area contributed by atoms with Gasteiger partial charge in [0.1, 0.15) is 0 Å². The maximum Gasteiger partial charge on any atom is 0 e. The van der Waals surface area contributed by atoms with Gasteiger partial charge in [-0.05, 0) is 0 Å². The summed E-state index contributed by atoms with van der Waals surface area (Å²) in [5.74, 6) is -0.572. The van der Waals surface area contributed by atoms with Gasteiger partial charge in [-0.15, -0.1) is 0 Å². The molecule has 0 fully saturated rings.